The van der Waals surface area contributed by atoms with Gasteiger partial charge in [0.05, 0.1) is 11.4 Å². The first-order valence-corrected chi connectivity index (χ1v) is 6.40. The van der Waals surface area contributed by atoms with Crippen LogP contribution >= 0.6 is 0 Å². The average Bonchev–Trinajstić information content (AvgIpc) is 2.58. The summed E-state index contributed by atoms with van der Waals surface area (Å²) >= 11 is 0. The van der Waals surface area contributed by atoms with Crippen molar-refractivity contribution in [2.75, 3.05) is 12.4 Å². The molecule has 0 radical (unpaired) electrons. The minimum Gasteiger partial charge on any atom is -0.481 e. The number of hydrogen-bond donors (Lipinski definition) is 1. The molecular weight excluding hydrogens is 261 g/mol. The zero-order chi connectivity index (χ0) is 13.2. The fourth-order valence-corrected chi connectivity index (χ4v) is 3.42. The molecule has 1 aliphatic rings. The molecule has 4 unspecified atom stereocenters. The van der Waals surface area contributed by atoms with Gasteiger partial charge in [-0.1, -0.05) is 0 Å². The van der Waals surface area contributed by atoms with E-state index in [4.69, 9.17) is 9.84 Å². The van der Waals surface area contributed by atoms with E-state index in [1.54, 1.807) is 6.92 Å². The second kappa shape index (κ2) is 5.34. The van der Waals surface area contributed by atoms with Gasteiger partial charge in [-0.25, -0.2) is 0 Å². The molecule has 1 aliphatic heterocycles. The molecule has 0 aromatic rings. The van der Waals surface area contributed by atoms with E-state index in [2.05, 4.69) is 0 Å². The molecule has 0 spiro atoms. The highest BCUT2D eigenvalue weighted by Crippen LogP contribution is 2.29. The Bertz CT molecular complexity index is 318. The van der Waals surface area contributed by atoms with Crippen LogP contribution in [0.3, 0.4) is 0 Å². The van der Waals surface area contributed by atoms with Crippen LogP contribution in [-0.2, 0) is 20.3 Å². The van der Waals surface area contributed by atoms with E-state index in [-0.39, 0.29) is 0 Å². The lowest BCUT2D eigenvalue weighted by molar-refractivity contribution is -0.188. The average molecular weight is 274 g/mol. The summed E-state index contributed by atoms with van der Waals surface area (Å²) in [6.07, 6.45) is -4.86. The van der Waals surface area contributed by atoms with Crippen LogP contribution < -0.4 is 0 Å². The predicted molar refractivity (Wildman–Crippen MR) is 54.0 cm³/mol. The summed E-state index contributed by atoms with van der Waals surface area (Å²) in [7, 11) is -1.85. The number of aliphatic carboxylic acids is 1. The number of hydrogen-bond acceptors (Lipinski definition) is 3. The van der Waals surface area contributed by atoms with E-state index in [9.17, 15) is 22.2 Å². The van der Waals surface area contributed by atoms with Gasteiger partial charge in [-0.2, -0.15) is 13.2 Å². The topological polar surface area (TPSA) is 63.6 Å². The first kappa shape index (κ1) is 14.4. The van der Waals surface area contributed by atoms with Crippen LogP contribution in [0.2, 0.25) is 0 Å². The Labute approximate surface area is 98.6 Å². The van der Waals surface area contributed by atoms with E-state index in [0.29, 0.717) is 13.0 Å². The Morgan fingerprint density at radius 1 is 1.59 bits per heavy atom. The molecule has 4 nitrogen and oxygen atoms in total. The van der Waals surface area contributed by atoms with Crippen molar-refractivity contribution in [2.45, 2.75) is 30.9 Å². The predicted octanol–water partition coefficient (Wildman–Crippen LogP) is 1.18. The van der Waals surface area contributed by atoms with Crippen molar-refractivity contribution in [2.24, 2.45) is 5.92 Å². The third-order valence-electron chi connectivity index (χ3n) is 2.67. The molecule has 0 aromatic heterocycles. The summed E-state index contributed by atoms with van der Waals surface area (Å²) in [5.74, 6) is -5.47. The first-order chi connectivity index (χ1) is 7.73. The molecule has 100 valence electrons. The third kappa shape index (κ3) is 3.67. The minimum atomic E-state index is -4.87. The summed E-state index contributed by atoms with van der Waals surface area (Å²) in [6, 6.07) is 0. The third-order valence-corrected chi connectivity index (χ3v) is 4.62. The van der Waals surface area contributed by atoms with Crippen molar-refractivity contribution in [1.29, 1.82) is 0 Å². The van der Waals surface area contributed by atoms with E-state index in [0.717, 1.165) is 0 Å². The van der Waals surface area contributed by atoms with Gasteiger partial charge in [-0.15, -0.1) is 0 Å². The van der Waals surface area contributed by atoms with Gasteiger partial charge in [0.2, 0.25) is 0 Å². The highest BCUT2D eigenvalue weighted by molar-refractivity contribution is 7.85. The van der Waals surface area contributed by atoms with Crippen molar-refractivity contribution < 1.29 is 32.0 Å². The molecule has 0 bridgehead atoms. The fraction of sp³-hybridized carbons (Fsp3) is 0.889. The lowest BCUT2D eigenvalue weighted by Crippen LogP contribution is -2.38. The Kier molecular flexibility index (Phi) is 4.54. The van der Waals surface area contributed by atoms with E-state index < -0.39 is 46.0 Å². The standard InChI is InChI=1S/C9H13F3O4S/c1-5-7(2-3-16-5)17(15)4-6(8(13)14)9(10,11)12/h5-7H,2-4H2,1H3,(H,13,14). The number of carbonyl (C=O) groups is 1. The molecule has 4 atom stereocenters. The zero-order valence-electron chi connectivity index (χ0n) is 9.07. The van der Waals surface area contributed by atoms with Crippen LogP contribution in [0.5, 0.6) is 0 Å². The van der Waals surface area contributed by atoms with Crippen molar-refractivity contribution in [3.05, 3.63) is 0 Å². The number of carboxylic acids is 1. The smallest absolute Gasteiger partial charge is 0.403 e. The normalized spacial score (nSPS) is 28.9. The number of alkyl halides is 3. The maximum atomic E-state index is 12.4. The summed E-state index contributed by atoms with van der Waals surface area (Å²) < 4.78 is 53.9. The molecule has 1 fully saturated rings. The molecule has 0 saturated carbocycles. The monoisotopic (exact) mass is 274 g/mol. The number of ether oxygens (including phenoxy) is 1. The highest BCUT2D eigenvalue weighted by atomic mass is 32.2. The molecular formula is C9H13F3O4S. The van der Waals surface area contributed by atoms with Gasteiger partial charge < -0.3 is 9.84 Å². The zero-order valence-corrected chi connectivity index (χ0v) is 9.88. The molecule has 17 heavy (non-hydrogen) atoms. The van der Waals surface area contributed by atoms with Crippen LogP contribution in [0.15, 0.2) is 0 Å². The van der Waals surface area contributed by atoms with Crippen molar-refractivity contribution in [3.8, 4) is 0 Å². The van der Waals surface area contributed by atoms with Crippen LogP contribution in [0.4, 0.5) is 13.2 Å². The summed E-state index contributed by atoms with van der Waals surface area (Å²) in [6.45, 7) is 1.97. The first-order valence-electron chi connectivity index (χ1n) is 5.01. The molecule has 0 amide bonds. The quantitative estimate of drug-likeness (QED) is 0.836. The van der Waals surface area contributed by atoms with Gasteiger partial charge in [-0.05, 0) is 13.3 Å². The summed E-state index contributed by atoms with van der Waals surface area (Å²) in [5, 5.41) is 7.97. The Hall–Kier alpha value is -0.630. The Morgan fingerprint density at radius 2 is 2.18 bits per heavy atom. The number of halogens is 3. The number of carboxylic acid groups (broad SMARTS) is 1. The van der Waals surface area contributed by atoms with Crippen molar-refractivity contribution in [3.63, 3.8) is 0 Å². The molecule has 1 rings (SSSR count). The minimum absolute atomic E-state index is 0.349. The second-order valence-corrected chi connectivity index (χ2v) is 5.58. The van der Waals surface area contributed by atoms with Crippen molar-refractivity contribution >= 4 is 16.8 Å². The Balaban J connectivity index is 2.68. The highest BCUT2D eigenvalue weighted by Gasteiger charge is 2.47. The second-order valence-electron chi connectivity index (χ2n) is 3.88. The maximum absolute atomic E-state index is 12.4. The summed E-state index contributed by atoms with van der Waals surface area (Å²) in [5.41, 5.74) is 0. The SMILES string of the molecule is CC1OCCC1S(=O)CC(C(=O)O)C(F)(F)F. The maximum Gasteiger partial charge on any atom is 0.403 e. The molecule has 1 saturated heterocycles. The van der Waals surface area contributed by atoms with E-state index in [1.165, 1.54) is 0 Å². The number of rotatable bonds is 4. The van der Waals surface area contributed by atoms with Crippen LogP contribution in [-0.4, -0.2) is 45.2 Å². The van der Waals surface area contributed by atoms with Gasteiger partial charge in [0, 0.05) is 23.2 Å². The Morgan fingerprint density at radius 3 is 2.53 bits per heavy atom. The lowest BCUT2D eigenvalue weighted by atomic mass is 10.2. The largest absolute Gasteiger partial charge is 0.481 e. The van der Waals surface area contributed by atoms with E-state index >= 15 is 0 Å². The van der Waals surface area contributed by atoms with Crippen LogP contribution in [0.1, 0.15) is 13.3 Å². The lowest BCUT2D eigenvalue weighted by Gasteiger charge is -2.19. The van der Waals surface area contributed by atoms with Crippen LogP contribution in [0.25, 0.3) is 0 Å². The van der Waals surface area contributed by atoms with Crippen molar-refractivity contribution in [1.82, 2.24) is 0 Å². The van der Waals surface area contributed by atoms with E-state index in [1.807, 2.05) is 0 Å². The van der Waals surface area contributed by atoms with Gasteiger partial charge in [0.15, 0.2) is 5.92 Å². The van der Waals surface area contributed by atoms with Gasteiger partial charge in [0.25, 0.3) is 0 Å². The summed E-state index contributed by atoms with van der Waals surface area (Å²) in [4.78, 5) is 10.5. The molecule has 1 N–H and O–H groups in total. The molecule has 0 aromatic carbocycles. The van der Waals surface area contributed by atoms with Crippen LogP contribution in [0, 0.1) is 5.92 Å². The fourth-order valence-electron chi connectivity index (χ4n) is 1.65. The molecule has 1 heterocycles. The van der Waals surface area contributed by atoms with Gasteiger partial charge in [-0.3, -0.25) is 9.00 Å². The molecule has 8 heteroatoms. The van der Waals surface area contributed by atoms with Gasteiger partial charge in [0.1, 0.15) is 0 Å². The molecule has 0 aliphatic carbocycles. The van der Waals surface area contributed by atoms with Gasteiger partial charge >= 0.3 is 12.1 Å².